The molecule has 2 N–H and O–H groups in total. The van der Waals surface area contributed by atoms with Crippen molar-refractivity contribution in [2.45, 2.75) is 19.4 Å². The lowest BCUT2D eigenvalue weighted by Crippen LogP contribution is -2.44. The maximum absolute atomic E-state index is 11.0. The van der Waals surface area contributed by atoms with Gasteiger partial charge in [-0.2, -0.15) is 0 Å². The van der Waals surface area contributed by atoms with Crippen molar-refractivity contribution in [1.29, 1.82) is 0 Å². The Hall–Kier alpha value is -1.36. The van der Waals surface area contributed by atoms with Crippen LogP contribution in [-0.4, -0.2) is 41.0 Å². The summed E-state index contributed by atoms with van der Waals surface area (Å²) in [5, 5.41) is 3.13. The summed E-state index contributed by atoms with van der Waals surface area (Å²) in [6.45, 7) is 4.97. The van der Waals surface area contributed by atoms with E-state index in [-0.39, 0.29) is 11.1 Å². The first-order valence-corrected chi connectivity index (χ1v) is 4.88. The second-order valence-electron chi connectivity index (χ2n) is 4.36. The molecule has 1 rings (SSSR count). The van der Waals surface area contributed by atoms with E-state index in [1.165, 1.54) is 12.4 Å². The molecule has 0 atom stereocenters. The molecule has 15 heavy (non-hydrogen) atoms. The van der Waals surface area contributed by atoms with Crippen LogP contribution in [0.3, 0.4) is 0 Å². The Kier molecular flexibility index (Phi) is 3.47. The van der Waals surface area contributed by atoms with Gasteiger partial charge in [0.2, 0.25) is 0 Å². The molecule has 0 saturated heterocycles. The van der Waals surface area contributed by atoms with E-state index in [1.54, 1.807) is 0 Å². The molecular weight excluding hydrogens is 192 g/mol. The Bertz CT molecular complexity index is 370. The highest BCUT2D eigenvalue weighted by molar-refractivity contribution is 5.32. The Balaban J connectivity index is 2.61. The molecule has 1 aromatic rings. The van der Waals surface area contributed by atoms with Crippen molar-refractivity contribution in [1.82, 2.24) is 14.9 Å². The van der Waals surface area contributed by atoms with Gasteiger partial charge in [-0.15, -0.1) is 0 Å². The zero-order valence-corrected chi connectivity index (χ0v) is 9.66. The minimum absolute atomic E-state index is 0.0181. The van der Waals surface area contributed by atoms with Crippen molar-refractivity contribution in [2.75, 3.05) is 26.0 Å². The van der Waals surface area contributed by atoms with Crippen molar-refractivity contribution in [3.8, 4) is 0 Å². The summed E-state index contributed by atoms with van der Waals surface area (Å²) in [5.41, 5.74) is -0.125. The monoisotopic (exact) mass is 210 g/mol. The predicted molar refractivity (Wildman–Crippen MR) is 61.1 cm³/mol. The highest BCUT2D eigenvalue weighted by Crippen LogP contribution is 2.10. The molecule has 0 aliphatic rings. The summed E-state index contributed by atoms with van der Waals surface area (Å²) in [6, 6.07) is 1.45. The normalized spacial score (nSPS) is 11.8. The van der Waals surface area contributed by atoms with Gasteiger partial charge in [0.1, 0.15) is 5.82 Å². The van der Waals surface area contributed by atoms with E-state index in [4.69, 9.17) is 0 Å². The van der Waals surface area contributed by atoms with Crippen molar-refractivity contribution >= 4 is 5.82 Å². The Labute approximate surface area is 89.5 Å². The lowest BCUT2D eigenvalue weighted by atomic mass is 10.0. The molecular formula is C10H18N4O. The highest BCUT2D eigenvalue weighted by atomic mass is 16.1. The van der Waals surface area contributed by atoms with Crippen LogP contribution in [0.5, 0.6) is 0 Å². The topological polar surface area (TPSA) is 61.0 Å². The van der Waals surface area contributed by atoms with E-state index < -0.39 is 0 Å². The molecule has 5 heteroatoms. The second kappa shape index (κ2) is 4.44. The Morgan fingerprint density at radius 3 is 2.73 bits per heavy atom. The molecule has 0 radical (unpaired) electrons. The molecule has 0 aliphatic carbocycles. The summed E-state index contributed by atoms with van der Waals surface area (Å²) in [4.78, 5) is 19.6. The van der Waals surface area contributed by atoms with Crippen molar-refractivity contribution < 1.29 is 0 Å². The number of hydrogen-bond acceptors (Lipinski definition) is 4. The minimum atomic E-state index is -0.143. The molecule has 0 unspecified atom stereocenters. The summed E-state index contributed by atoms with van der Waals surface area (Å²) < 4.78 is 0. The van der Waals surface area contributed by atoms with Gasteiger partial charge in [0.25, 0.3) is 5.56 Å². The van der Waals surface area contributed by atoms with Crippen LogP contribution in [0.4, 0.5) is 5.82 Å². The van der Waals surface area contributed by atoms with Crippen molar-refractivity contribution in [3.63, 3.8) is 0 Å². The van der Waals surface area contributed by atoms with Crippen LogP contribution in [0.1, 0.15) is 13.8 Å². The SMILES string of the molecule is CN(C)C(C)(C)CNc1cc(=O)[nH]cn1. The fraction of sp³-hybridized carbons (Fsp3) is 0.600. The smallest absolute Gasteiger partial charge is 0.252 e. The van der Waals surface area contributed by atoms with Crippen molar-refractivity contribution in [2.24, 2.45) is 0 Å². The van der Waals surface area contributed by atoms with Gasteiger partial charge in [0, 0.05) is 18.2 Å². The van der Waals surface area contributed by atoms with Crippen LogP contribution >= 0.6 is 0 Å². The molecule has 0 saturated carbocycles. The van der Waals surface area contributed by atoms with Crippen LogP contribution in [0.2, 0.25) is 0 Å². The van der Waals surface area contributed by atoms with E-state index in [2.05, 4.69) is 34.0 Å². The lowest BCUT2D eigenvalue weighted by molar-refractivity contribution is 0.210. The molecule has 0 amide bonds. The minimum Gasteiger partial charge on any atom is -0.368 e. The molecule has 84 valence electrons. The van der Waals surface area contributed by atoms with E-state index in [1.807, 2.05) is 14.1 Å². The summed E-state index contributed by atoms with van der Waals surface area (Å²) >= 11 is 0. The number of aromatic nitrogens is 2. The average Bonchev–Trinajstić information content (AvgIpc) is 2.15. The largest absolute Gasteiger partial charge is 0.368 e. The summed E-state index contributed by atoms with van der Waals surface area (Å²) in [6.07, 6.45) is 1.40. The van der Waals surface area contributed by atoms with Gasteiger partial charge in [0.15, 0.2) is 0 Å². The van der Waals surface area contributed by atoms with Gasteiger partial charge >= 0.3 is 0 Å². The number of anilines is 1. The van der Waals surface area contributed by atoms with E-state index in [0.717, 1.165) is 6.54 Å². The number of rotatable bonds is 4. The Morgan fingerprint density at radius 2 is 2.20 bits per heavy atom. The number of nitrogens with zero attached hydrogens (tertiary/aromatic N) is 2. The third-order valence-corrected chi connectivity index (χ3v) is 2.59. The third kappa shape index (κ3) is 3.36. The summed E-state index contributed by atoms with van der Waals surface area (Å²) in [7, 11) is 4.04. The van der Waals surface area contributed by atoms with E-state index in [9.17, 15) is 4.79 Å². The highest BCUT2D eigenvalue weighted by Gasteiger charge is 2.19. The molecule has 1 aromatic heterocycles. The fourth-order valence-electron chi connectivity index (χ4n) is 0.930. The summed E-state index contributed by atoms with van der Waals surface area (Å²) in [5.74, 6) is 0.605. The quantitative estimate of drug-likeness (QED) is 0.760. The first kappa shape index (κ1) is 11.7. The van der Waals surface area contributed by atoms with Gasteiger partial charge in [0.05, 0.1) is 6.33 Å². The zero-order valence-electron chi connectivity index (χ0n) is 9.66. The van der Waals surface area contributed by atoms with Gasteiger partial charge < -0.3 is 15.2 Å². The van der Waals surface area contributed by atoms with Crippen LogP contribution < -0.4 is 10.9 Å². The van der Waals surface area contributed by atoms with Gasteiger partial charge in [-0.25, -0.2) is 4.98 Å². The molecule has 1 heterocycles. The first-order chi connectivity index (χ1) is 6.92. The van der Waals surface area contributed by atoms with Gasteiger partial charge in [-0.1, -0.05) is 0 Å². The van der Waals surface area contributed by atoms with Gasteiger partial charge in [-0.3, -0.25) is 4.79 Å². The lowest BCUT2D eigenvalue weighted by Gasteiger charge is -2.32. The van der Waals surface area contributed by atoms with E-state index in [0.29, 0.717) is 5.82 Å². The zero-order chi connectivity index (χ0) is 11.5. The van der Waals surface area contributed by atoms with Crippen molar-refractivity contribution in [3.05, 3.63) is 22.7 Å². The molecule has 0 aromatic carbocycles. The fourth-order valence-corrected chi connectivity index (χ4v) is 0.930. The predicted octanol–water partition coefficient (Wildman–Crippen LogP) is 0.522. The average molecular weight is 210 g/mol. The maximum atomic E-state index is 11.0. The van der Waals surface area contributed by atoms with Crippen LogP contribution in [0.15, 0.2) is 17.2 Å². The Morgan fingerprint density at radius 1 is 1.53 bits per heavy atom. The first-order valence-electron chi connectivity index (χ1n) is 4.88. The number of nitrogens with one attached hydrogen (secondary N) is 2. The molecule has 0 fully saturated rings. The molecule has 0 aliphatic heterocycles. The van der Waals surface area contributed by atoms with E-state index >= 15 is 0 Å². The van der Waals surface area contributed by atoms with Gasteiger partial charge in [-0.05, 0) is 27.9 Å². The third-order valence-electron chi connectivity index (χ3n) is 2.59. The van der Waals surface area contributed by atoms with Crippen LogP contribution in [-0.2, 0) is 0 Å². The molecule has 0 bridgehead atoms. The van der Waals surface area contributed by atoms with Crippen LogP contribution in [0, 0.1) is 0 Å². The number of hydrogen-bond donors (Lipinski definition) is 2. The number of H-pyrrole nitrogens is 1. The van der Waals surface area contributed by atoms with Crippen LogP contribution in [0.25, 0.3) is 0 Å². The standard InChI is InChI=1S/C10H18N4O/c1-10(2,14(3)4)6-11-8-5-9(15)13-7-12-8/h5,7H,6H2,1-4H3,(H2,11,12,13,15). The molecule has 5 nitrogen and oxygen atoms in total. The second-order valence-corrected chi connectivity index (χ2v) is 4.36. The maximum Gasteiger partial charge on any atom is 0.252 e. The molecule has 0 spiro atoms. The number of aromatic amines is 1. The number of likely N-dealkylation sites (N-methyl/N-ethyl adjacent to an activating group) is 1.